The molecule has 1 aromatic rings. The summed E-state index contributed by atoms with van der Waals surface area (Å²) in [6.07, 6.45) is 0.619. The first-order valence-corrected chi connectivity index (χ1v) is 6.08. The van der Waals surface area contributed by atoms with Crippen molar-refractivity contribution in [1.82, 2.24) is 0 Å². The van der Waals surface area contributed by atoms with Gasteiger partial charge in [0.05, 0.1) is 23.1 Å². The average molecular weight is 266 g/mol. The normalized spacial score (nSPS) is 10.8. The lowest BCUT2D eigenvalue weighted by Gasteiger charge is -2.15. The van der Waals surface area contributed by atoms with Gasteiger partial charge < -0.3 is 4.74 Å². The molecular weight excluding hydrogens is 250 g/mol. The summed E-state index contributed by atoms with van der Waals surface area (Å²) in [6.45, 7) is 5.62. The van der Waals surface area contributed by atoms with E-state index in [-0.39, 0.29) is 5.78 Å². The van der Waals surface area contributed by atoms with E-state index in [4.69, 9.17) is 21.6 Å². The van der Waals surface area contributed by atoms with Gasteiger partial charge >= 0.3 is 0 Å². The van der Waals surface area contributed by atoms with Gasteiger partial charge in [0.15, 0.2) is 5.78 Å². The number of nitrogens with zero attached hydrogens (tertiary/aromatic N) is 1. The maximum Gasteiger partial charge on any atom is 0.159 e. The highest BCUT2D eigenvalue weighted by Crippen LogP contribution is 2.27. The highest BCUT2D eigenvalue weighted by Gasteiger charge is 2.16. The number of hydrogen-bond donors (Lipinski definition) is 0. The second-order valence-corrected chi connectivity index (χ2v) is 5.20. The van der Waals surface area contributed by atoms with Crippen molar-refractivity contribution in [2.75, 3.05) is 6.61 Å². The number of ketones is 1. The number of carbonyl (C=O) groups excluding carboxylic acids is 1. The fourth-order valence-electron chi connectivity index (χ4n) is 1.31. The topological polar surface area (TPSA) is 50.1 Å². The van der Waals surface area contributed by atoms with Crippen LogP contribution in [0, 0.1) is 16.7 Å². The van der Waals surface area contributed by atoms with Crippen LogP contribution in [-0.4, -0.2) is 12.4 Å². The second-order valence-electron chi connectivity index (χ2n) is 4.80. The van der Waals surface area contributed by atoms with Gasteiger partial charge in [-0.2, -0.15) is 5.26 Å². The van der Waals surface area contributed by atoms with Gasteiger partial charge in [-0.05, 0) is 45.4 Å². The first-order valence-electron chi connectivity index (χ1n) is 5.70. The number of halogens is 1. The Labute approximate surface area is 112 Å². The predicted octanol–water partition coefficient (Wildman–Crippen LogP) is 3.86. The van der Waals surface area contributed by atoms with E-state index in [0.29, 0.717) is 29.4 Å². The van der Waals surface area contributed by atoms with Gasteiger partial charge in [0.1, 0.15) is 5.75 Å². The van der Waals surface area contributed by atoms with E-state index in [0.717, 1.165) is 0 Å². The summed E-state index contributed by atoms with van der Waals surface area (Å²) in [5.41, 5.74) is 0.149. The van der Waals surface area contributed by atoms with Crippen molar-refractivity contribution in [2.45, 2.75) is 27.2 Å². The van der Waals surface area contributed by atoms with Crippen molar-refractivity contribution in [3.63, 3.8) is 0 Å². The fourth-order valence-corrected chi connectivity index (χ4v) is 1.54. The van der Waals surface area contributed by atoms with Crippen LogP contribution in [-0.2, 0) is 0 Å². The van der Waals surface area contributed by atoms with Crippen LogP contribution in [0.15, 0.2) is 18.2 Å². The highest BCUT2D eigenvalue weighted by molar-refractivity contribution is 6.32. The molecule has 0 saturated carbocycles. The van der Waals surface area contributed by atoms with Crippen molar-refractivity contribution in [3.8, 4) is 11.8 Å². The van der Waals surface area contributed by atoms with Crippen molar-refractivity contribution in [1.29, 1.82) is 5.26 Å². The summed E-state index contributed by atoms with van der Waals surface area (Å²) < 4.78 is 5.51. The number of carbonyl (C=O) groups is 1. The molecule has 18 heavy (non-hydrogen) atoms. The minimum absolute atomic E-state index is 0.0333. The van der Waals surface area contributed by atoms with Gasteiger partial charge in [0, 0.05) is 5.56 Å². The molecule has 96 valence electrons. The van der Waals surface area contributed by atoms with Crippen LogP contribution in [0.4, 0.5) is 0 Å². The lowest BCUT2D eigenvalue weighted by molar-refractivity contribution is 0.101. The molecule has 1 aromatic carbocycles. The third-order valence-corrected chi connectivity index (χ3v) is 2.92. The zero-order chi connectivity index (χ0) is 13.8. The summed E-state index contributed by atoms with van der Waals surface area (Å²) in [6, 6.07) is 7.16. The van der Waals surface area contributed by atoms with Gasteiger partial charge in [0.25, 0.3) is 0 Å². The van der Waals surface area contributed by atoms with Gasteiger partial charge in [-0.3, -0.25) is 4.79 Å². The molecule has 0 bridgehead atoms. The van der Waals surface area contributed by atoms with Crippen molar-refractivity contribution >= 4 is 17.4 Å². The number of ether oxygens (including phenoxy) is 1. The molecule has 0 radical (unpaired) electrons. The van der Waals surface area contributed by atoms with Crippen molar-refractivity contribution < 1.29 is 9.53 Å². The smallest absolute Gasteiger partial charge is 0.159 e. The first kappa shape index (κ1) is 14.5. The Bertz CT molecular complexity index is 489. The zero-order valence-corrected chi connectivity index (χ0v) is 11.5. The Morgan fingerprint density at radius 3 is 2.67 bits per heavy atom. The Morgan fingerprint density at radius 1 is 1.50 bits per heavy atom. The molecule has 0 aliphatic carbocycles. The van der Waals surface area contributed by atoms with Crippen LogP contribution >= 0.6 is 11.6 Å². The van der Waals surface area contributed by atoms with E-state index < -0.39 is 5.41 Å². The molecule has 0 aromatic heterocycles. The summed E-state index contributed by atoms with van der Waals surface area (Å²) in [5, 5.41) is 9.29. The van der Waals surface area contributed by atoms with Crippen molar-refractivity contribution in [3.05, 3.63) is 28.8 Å². The minimum Gasteiger partial charge on any atom is -0.492 e. The molecular formula is C14H16ClNO2. The minimum atomic E-state index is -0.411. The van der Waals surface area contributed by atoms with E-state index >= 15 is 0 Å². The highest BCUT2D eigenvalue weighted by atomic mass is 35.5. The largest absolute Gasteiger partial charge is 0.492 e. The molecule has 0 spiro atoms. The fraction of sp³-hybridized carbons (Fsp3) is 0.429. The third-order valence-electron chi connectivity index (χ3n) is 2.63. The summed E-state index contributed by atoms with van der Waals surface area (Å²) in [4.78, 5) is 11.2. The molecule has 0 saturated heterocycles. The van der Waals surface area contributed by atoms with Crippen LogP contribution in [0.1, 0.15) is 37.6 Å². The molecule has 0 aliphatic rings. The lowest BCUT2D eigenvalue weighted by atomic mass is 9.92. The molecule has 3 nitrogen and oxygen atoms in total. The molecule has 0 unspecified atom stereocenters. The first-order chi connectivity index (χ1) is 8.35. The Morgan fingerprint density at radius 2 is 2.17 bits per heavy atom. The van der Waals surface area contributed by atoms with Crippen LogP contribution in [0.5, 0.6) is 5.75 Å². The maximum absolute atomic E-state index is 11.2. The molecule has 1 rings (SSSR count). The number of Topliss-reactive ketones (excluding diaryl/α,β-unsaturated/α-hetero) is 1. The lowest BCUT2D eigenvalue weighted by Crippen LogP contribution is -2.13. The maximum atomic E-state index is 11.2. The van der Waals surface area contributed by atoms with Crippen molar-refractivity contribution in [2.24, 2.45) is 5.41 Å². The number of benzene rings is 1. The molecule has 0 N–H and O–H groups in total. The number of hydrogen-bond acceptors (Lipinski definition) is 3. The quantitative estimate of drug-likeness (QED) is 0.760. The Balaban J connectivity index is 2.65. The van der Waals surface area contributed by atoms with Crippen LogP contribution in [0.2, 0.25) is 5.02 Å². The summed E-state index contributed by atoms with van der Waals surface area (Å²) in [7, 11) is 0. The number of nitriles is 1. The van der Waals surface area contributed by atoms with Gasteiger partial charge in [-0.1, -0.05) is 11.6 Å². The van der Waals surface area contributed by atoms with E-state index in [1.54, 1.807) is 18.2 Å². The molecule has 0 aliphatic heterocycles. The Kier molecular flexibility index (Phi) is 4.75. The summed E-state index contributed by atoms with van der Waals surface area (Å²) in [5.74, 6) is 0.504. The molecule has 0 atom stereocenters. The van der Waals surface area contributed by atoms with E-state index in [1.165, 1.54) is 6.92 Å². The Hall–Kier alpha value is -1.53. The van der Waals surface area contributed by atoms with E-state index in [2.05, 4.69) is 6.07 Å². The SMILES string of the molecule is CC(=O)c1ccc(OCCC(C)(C)C#N)c(Cl)c1. The molecule has 4 heteroatoms. The predicted molar refractivity (Wildman–Crippen MR) is 71.0 cm³/mol. The van der Waals surface area contributed by atoms with Gasteiger partial charge in [-0.25, -0.2) is 0 Å². The summed E-state index contributed by atoms with van der Waals surface area (Å²) >= 11 is 6.02. The zero-order valence-electron chi connectivity index (χ0n) is 10.8. The molecule has 0 heterocycles. The standard InChI is InChI=1S/C14H16ClNO2/c1-10(17)11-4-5-13(12(15)8-11)18-7-6-14(2,3)9-16/h4-5,8H,6-7H2,1-3H3. The van der Waals surface area contributed by atoms with Gasteiger partial charge in [-0.15, -0.1) is 0 Å². The second kappa shape index (κ2) is 5.88. The van der Waals surface area contributed by atoms with Crippen LogP contribution < -0.4 is 4.74 Å². The third kappa shape index (κ3) is 4.05. The van der Waals surface area contributed by atoms with E-state index in [9.17, 15) is 4.79 Å². The van der Waals surface area contributed by atoms with Crippen LogP contribution in [0.3, 0.4) is 0 Å². The monoisotopic (exact) mass is 265 g/mol. The van der Waals surface area contributed by atoms with Gasteiger partial charge in [0.2, 0.25) is 0 Å². The van der Waals surface area contributed by atoms with E-state index in [1.807, 2.05) is 13.8 Å². The average Bonchev–Trinajstić information content (AvgIpc) is 2.31. The molecule has 0 amide bonds. The van der Waals surface area contributed by atoms with Crippen LogP contribution in [0.25, 0.3) is 0 Å². The number of rotatable bonds is 5. The molecule has 0 fully saturated rings.